The Balaban J connectivity index is 2.05. The van der Waals surface area contributed by atoms with E-state index in [0.29, 0.717) is 0 Å². The molecule has 0 saturated heterocycles. The van der Waals surface area contributed by atoms with Crippen LogP contribution in [0, 0.1) is 10.1 Å². The second-order valence-corrected chi connectivity index (χ2v) is 6.41. The van der Waals surface area contributed by atoms with Gasteiger partial charge in [-0.3, -0.25) is 10.1 Å². The van der Waals surface area contributed by atoms with Gasteiger partial charge in [0.1, 0.15) is 11.5 Å². The summed E-state index contributed by atoms with van der Waals surface area (Å²) in [6, 6.07) is 13.2. The lowest BCUT2D eigenvalue weighted by Crippen LogP contribution is -2.03. The third-order valence-electron chi connectivity index (χ3n) is 4.31. The Bertz CT molecular complexity index is 867. The van der Waals surface area contributed by atoms with Gasteiger partial charge in [0.25, 0.3) is 5.69 Å². The van der Waals surface area contributed by atoms with Crippen LogP contribution in [0.15, 0.2) is 66.8 Å². The monoisotopic (exact) mass is 395 g/mol. The number of hydrogen-bond donors (Lipinski definition) is 0. The molecule has 6 heteroatoms. The van der Waals surface area contributed by atoms with Gasteiger partial charge in [0.2, 0.25) is 0 Å². The first-order valence-corrected chi connectivity index (χ1v) is 9.51. The predicted octanol–water partition coefficient (Wildman–Crippen LogP) is 5.73. The molecule has 2 aromatic carbocycles. The summed E-state index contributed by atoms with van der Waals surface area (Å²) in [6.07, 6.45) is 9.16. The highest BCUT2D eigenvalue weighted by Gasteiger charge is 2.06. The Morgan fingerprint density at radius 2 is 1.69 bits per heavy atom. The van der Waals surface area contributed by atoms with E-state index in [1.54, 1.807) is 13.2 Å². The quantitative estimate of drug-likeness (QED) is 0.0976. The predicted molar refractivity (Wildman–Crippen MR) is 113 cm³/mol. The first kappa shape index (κ1) is 21.9. The number of methoxy groups -OCH3 is 1. The first-order valence-electron chi connectivity index (χ1n) is 9.51. The van der Waals surface area contributed by atoms with Gasteiger partial charge in [0.15, 0.2) is 0 Å². The number of carbonyl (C=O) groups excluding carboxylic acids is 1. The van der Waals surface area contributed by atoms with E-state index in [-0.39, 0.29) is 11.4 Å². The van der Waals surface area contributed by atoms with Crippen molar-refractivity contribution in [3.63, 3.8) is 0 Å². The summed E-state index contributed by atoms with van der Waals surface area (Å²) < 4.78 is 10.4. The Labute approximate surface area is 170 Å². The Morgan fingerprint density at radius 1 is 1.03 bits per heavy atom. The standard InChI is InChI=1S/C23H25NO5/c1-3-4-5-7-18(19-10-14-21(28-2)15-11-19)8-6-9-23(25)29-22-16-12-20(13-17-22)24(26)27/h6,8-17H,3-5,7H2,1-2H3/b9-6+,18-8-. The zero-order valence-corrected chi connectivity index (χ0v) is 16.7. The van der Waals surface area contributed by atoms with Crippen molar-refractivity contribution < 1.29 is 19.2 Å². The average Bonchev–Trinajstić information content (AvgIpc) is 2.73. The molecule has 0 atom stereocenters. The number of rotatable bonds is 10. The summed E-state index contributed by atoms with van der Waals surface area (Å²) >= 11 is 0. The molecule has 0 fully saturated rings. The van der Waals surface area contributed by atoms with Gasteiger partial charge in [-0.25, -0.2) is 4.79 Å². The normalized spacial score (nSPS) is 11.4. The van der Waals surface area contributed by atoms with Crippen LogP contribution in [-0.2, 0) is 4.79 Å². The molecule has 0 N–H and O–H groups in total. The molecule has 0 radical (unpaired) electrons. The smallest absolute Gasteiger partial charge is 0.336 e. The summed E-state index contributed by atoms with van der Waals surface area (Å²) in [5.74, 6) is 0.508. The molecule has 29 heavy (non-hydrogen) atoms. The minimum atomic E-state index is -0.544. The highest BCUT2D eigenvalue weighted by atomic mass is 16.6. The van der Waals surface area contributed by atoms with Crippen molar-refractivity contribution in [3.05, 3.63) is 82.4 Å². The molecule has 0 unspecified atom stereocenters. The van der Waals surface area contributed by atoms with Crippen LogP contribution in [0.2, 0.25) is 0 Å². The second kappa shape index (κ2) is 11.4. The van der Waals surface area contributed by atoms with E-state index >= 15 is 0 Å². The molecule has 2 aromatic rings. The Hall–Kier alpha value is -3.41. The van der Waals surface area contributed by atoms with Gasteiger partial charge in [-0.15, -0.1) is 0 Å². The molecule has 0 bridgehead atoms. The van der Waals surface area contributed by atoms with Gasteiger partial charge in [-0.1, -0.05) is 44.1 Å². The second-order valence-electron chi connectivity index (χ2n) is 6.41. The fourth-order valence-electron chi connectivity index (χ4n) is 2.72. The number of nitro groups is 1. The van der Waals surface area contributed by atoms with Crippen molar-refractivity contribution >= 4 is 17.2 Å². The molecule has 152 valence electrons. The third kappa shape index (κ3) is 7.25. The lowest BCUT2D eigenvalue weighted by Gasteiger charge is -2.08. The number of non-ortho nitro benzene ring substituents is 1. The molecule has 6 nitrogen and oxygen atoms in total. The van der Waals surface area contributed by atoms with Gasteiger partial charge in [0.05, 0.1) is 12.0 Å². The Morgan fingerprint density at radius 3 is 2.28 bits per heavy atom. The number of nitrogens with zero attached hydrogens (tertiary/aromatic N) is 1. The third-order valence-corrected chi connectivity index (χ3v) is 4.31. The van der Waals surface area contributed by atoms with Gasteiger partial charge in [-0.05, 0) is 48.2 Å². The van der Waals surface area contributed by atoms with Gasteiger partial charge in [-0.2, -0.15) is 0 Å². The zero-order valence-electron chi connectivity index (χ0n) is 16.7. The minimum absolute atomic E-state index is 0.0560. The van der Waals surface area contributed by atoms with Crippen molar-refractivity contribution in [1.82, 2.24) is 0 Å². The van der Waals surface area contributed by atoms with E-state index in [9.17, 15) is 14.9 Å². The minimum Gasteiger partial charge on any atom is -0.497 e. The van der Waals surface area contributed by atoms with Crippen molar-refractivity contribution in [3.8, 4) is 11.5 Å². The van der Waals surface area contributed by atoms with Crippen molar-refractivity contribution in [1.29, 1.82) is 0 Å². The number of esters is 1. The number of carbonyl (C=O) groups is 1. The number of hydrogen-bond acceptors (Lipinski definition) is 5. The highest BCUT2D eigenvalue weighted by molar-refractivity contribution is 5.85. The van der Waals surface area contributed by atoms with Crippen molar-refractivity contribution in [2.24, 2.45) is 0 Å². The van der Waals surface area contributed by atoms with Crippen molar-refractivity contribution in [2.45, 2.75) is 32.6 Å². The maximum absolute atomic E-state index is 12.0. The van der Waals surface area contributed by atoms with Crippen LogP contribution in [0.25, 0.3) is 5.57 Å². The number of nitro benzene ring substituents is 1. The van der Waals surface area contributed by atoms with E-state index in [4.69, 9.17) is 9.47 Å². The lowest BCUT2D eigenvalue weighted by molar-refractivity contribution is -0.384. The summed E-state index contributed by atoms with van der Waals surface area (Å²) in [5, 5.41) is 10.7. The van der Waals surface area contributed by atoms with Crippen LogP contribution in [0.4, 0.5) is 5.69 Å². The van der Waals surface area contributed by atoms with Gasteiger partial charge < -0.3 is 9.47 Å². The summed E-state index contributed by atoms with van der Waals surface area (Å²) in [7, 11) is 1.63. The highest BCUT2D eigenvalue weighted by Crippen LogP contribution is 2.24. The maximum atomic E-state index is 12.0. The molecular weight excluding hydrogens is 370 g/mol. The average molecular weight is 395 g/mol. The largest absolute Gasteiger partial charge is 0.497 e. The first-order chi connectivity index (χ1) is 14.0. The molecule has 0 saturated carbocycles. The van der Waals surface area contributed by atoms with Crippen LogP contribution in [0.1, 0.15) is 38.2 Å². The number of benzene rings is 2. The van der Waals surface area contributed by atoms with Crippen molar-refractivity contribution in [2.75, 3.05) is 7.11 Å². The zero-order chi connectivity index (χ0) is 21.1. The molecule has 0 aliphatic carbocycles. The van der Waals surface area contributed by atoms with Gasteiger partial charge in [0, 0.05) is 18.2 Å². The molecule has 0 aliphatic rings. The van der Waals surface area contributed by atoms with E-state index in [1.807, 2.05) is 30.3 Å². The van der Waals surface area contributed by atoms with Crippen LogP contribution < -0.4 is 9.47 Å². The number of allylic oxidation sites excluding steroid dienone is 3. The van der Waals surface area contributed by atoms with Crippen LogP contribution >= 0.6 is 0 Å². The van der Waals surface area contributed by atoms with E-state index in [2.05, 4.69) is 6.92 Å². The fourth-order valence-corrected chi connectivity index (χ4v) is 2.72. The van der Waals surface area contributed by atoms with Crippen LogP contribution in [0.3, 0.4) is 0 Å². The molecular formula is C23H25NO5. The summed E-state index contributed by atoms with van der Waals surface area (Å²) in [6.45, 7) is 2.16. The molecule has 0 aromatic heterocycles. The van der Waals surface area contributed by atoms with Crippen LogP contribution in [0.5, 0.6) is 11.5 Å². The summed E-state index contributed by atoms with van der Waals surface area (Å²) in [5.41, 5.74) is 2.15. The van der Waals surface area contributed by atoms with Crippen LogP contribution in [-0.4, -0.2) is 18.0 Å². The molecule has 0 spiro atoms. The fraction of sp³-hybridized carbons (Fsp3) is 0.261. The van der Waals surface area contributed by atoms with E-state index in [1.165, 1.54) is 30.3 Å². The number of ether oxygens (including phenoxy) is 2. The Kier molecular flexibility index (Phi) is 8.63. The molecule has 0 aliphatic heterocycles. The molecule has 0 amide bonds. The summed E-state index contributed by atoms with van der Waals surface area (Å²) in [4.78, 5) is 22.2. The SMILES string of the molecule is CCCCC/C(=C/C=C/C(=O)Oc1ccc([N+](=O)[O-])cc1)c1ccc(OC)cc1. The number of unbranched alkanes of at least 4 members (excludes halogenated alkanes) is 2. The van der Waals surface area contributed by atoms with Gasteiger partial charge >= 0.3 is 5.97 Å². The molecule has 2 rings (SSSR count). The topological polar surface area (TPSA) is 78.7 Å². The van der Waals surface area contributed by atoms with E-state index < -0.39 is 10.9 Å². The maximum Gasteiger partial charge on any atom is 0.336 e. The molecule has 0 heterocycles. The lowest BCUT2D eigenvalue weighted by atomic mass is 9.99. The van der Waals surface area contributed by atoms with E-state index in [0.717, 1.165) is 42.6 Å².